The first-order valence-corrected chi connectivity index (χ1v) is 23.7. The molecule has 0 aromatic rings. The Kier molecular flexibility index (Phi) is 13.1. The van der Waals surface area contributed by atoms with Crippen molar-refractivity contribution in [3.05, 3.63) is 0 Å². The van der Waals surface area contributed by atoms with Crippen LogP contribution in [0.5, 0.6) is 0 Å². The monoisotopic (exact) mass is 886 g/mol. The maximum Gasteiger partial charge on any atom is 0.187 e. The Morgan fingerprint density at radius 2 is 1.29 bits per heavy atom. The summed E-state index contributed by atoms with van der Waals surface area (Å²) in [5, 5.41) is 95.6. The summed E-state index contributed by atoms with van der Waals surface area (Å²) in [4.78, 5) is 0. The van der Waals surface area contributed by atoms with Crippen molar-refractivity contribution in [3.8, 4) is 0 Å². The van der Waals surface area contributed by atoms with Gasteiger partial charge in [0.25, 0.3) is 0 Å². The number of rotatable bonds is 8. The predicted octanol–water partition coefficient (Wildman–Crippen LogP) is 0.294. The van der Waals surface area contributed by atoms with Gasteiger partial charge in [0.05, 0.1) is 38.1 Å². The van der Waals surface area contributed by atoms with Crippen LogP contribution in [0.3, 0.4) is 0 Å². The van der Waals surface area contributed by atoms with Crippen LogP contribution in [0.2, 0.25) is 0 Å². The highest BCUT2D eigenvalue weighted by Crippen LogP contribution is 2.71. The van der Waals surface area contributed by atoms with Crippen LogP contribution in [0.15, 0.2) is 0 Å². The normalized spacial score (nSPS) is 58.9. The van der Waals surface area contributed by atoms with E-state index in [1.54, 1.807) is 0 Å². The summed E-state index contributed by atoms with van der Waals surface area (Å²) >= 11 is 0. The Labute approximate surface area is 364 Å². The number of fused-ring (bicyclic) bond motifs is 7. The third-order valence-electron chi connectivity index (χ3n) is 18.2. The van der Waals surface area contributed by atoms with Crippen LogP contribution >= 0.6 is 0 Å². The zero-order chi connectivity index (χ0) is 44.2. The van der Waals surface area contributed by atoms with Crippen molar-refractivity contribution in [2.24, 2.45) is 52.3 Å². The van der Waals surface area contributed by atoms with Crippen LogP contribution in [0, 0.1) is 52.3 Å². The van der Waals surface area contributed by atoms with Crippen molar-refractivity contribution in [2.75, 3.05) is 19.8 Å². The molecule has 9 fully saturated rings. The Balaban J connectivity index is 0.866. The van der Waals surface area contributed by atoms with Gasteiger partial charge in [-0.25, -0.2) is 0 Å². The van der Waals surface area contributed by atoms with E-state index >= 15 is 0 Å². The zero-order valence-electron chi connectivity index (χ0n) is 36.8. The minimum Gasteiger partial charge on any atom is -0.394 e. The second kappa shape index (κ2) is 17.4. The lowest BCUT2D eigenvalue weighted by Gasteiger charge is -2.61. The summed E-state index contributed by atoms with van der Waals surface area (Å²) in [6.07, 6.45) is -12.2. The Bertz CT molecular complexity index is 1550. The van der Waals surface area contributed by atoms with Gasteiger partial charge in [0.15, 0.2) is 24.7 Å². The summed E-state index contributed by atoms with van der Waals surface area (Å²) in [5.74, 6) is 3.27. The molecule has 9 aliphatic rings. The van der Waals surface area contributed by atoms with E-state index < -0.39 is 111 Å². The van der Waals surface area contributed by atoms with E-state index in [4.69, 9.17) is 37.9 Å². The first kappa shape index (κ1) is 46.4. The van der Waals surface area contributed by atoms with E-state index in [9.17, 15) is 46.0 Å². The van der Waals surface area contributed by atoms with E-state index in [0.717, 1.165) is 58.0 Å². The Morgan fingerprint density at radius 3 is 2.02 bits per heavy atom. The highest BCUT2D eigenvalue weighted by atomic mass is 16.8. The van der Waals surface area contributed by atoms with Crippen molar-refractivity contribution in [2.45, 2.75) is 209 Å². The molecule has 356 valence electrons. The number of hydrogen-bond acceptors (Lipinski definition) is 17. The fourth-order valence-electron chi connectivity index (χ4n) is 14.5. The molecule has 27 atom stereocenters. The molecule has 17 nitrogen and oxygen atoms in total. The van der Waals surface area contributed by atoms with Crippen LogP contribution in [0.4, 0.5) is 0 Å². The smallest absolute Gasteiger partial charge is 0.187 e. The van der Waals surface area contributed by atoms with E-state index in [-0.39, 0.29) is 23.0 Å². The summed E-state index contributed by atoms with van der Waals surface area (Å²) in [7, 11) is 0. The minimum atomic E-state index is -1.73. The third-order valence-corrected chi connectivity index (χ3v) is 18.2. The lowest BCUT2D eigenvalue weighted by molar-refractivity contribution is -0.369. The van der Waals surface area contributed by atoms with Gasteiger partial charge in [0.1, 0.15) is 67.1 Å². The summed E-state index contributed by atoms with van der Waals surface area (Å²) in [6.45, 7) is 10.8. The van der Waals surface area contributed by atoms with Crippen molar-refractivity contribution in [1.82, 2.24) is 0 Å². The molecule has 17 heteroatoms. The van der Waals surface area contributed by atoms with Crippen LogP contribution in [-0.2, 0) is 37.9 Å². The number of ether oxygens (including phenoxy) is 8. The minimum absolute atomic E-state index is 0.125. The standard InChI is InChI=1S/C45H74O17/c1-19-8-13-45(56-17-19)20(2)30-27(62-45)15-26-24-7-6-22-14-23(9-11-43(22,4)25(24)10-12-44(26,30)5)58-42-38(54)35(51)39(61-41-37(53)33(49)31(47)21(3)57-41)29(60-42)18-55-40-36(52)34(50)32(48)28(16-46)59-40/h19-42,46-54H,6-18H2,1-5H3/t19-,20-,21-,22?,23-,24?,25?,26?,27?,28+,29+,30?,31-,32+,33+,34-,35+,36+,37+,38+,39+,40+,41?,42+,43-,44-,45+/m0/s1. The molecule has 5 saturated heterocycles. The molecule has 0 radical (unpaired) electrons. The molecule has 5 aliphatic heterocycles. The molecule has 0 aromatic heterocycles. The first-order valence-electron chi connectivity index (χ1n) is 23.7. The van der Waals surface area contributed by atoms with Gasteiger partial charge in [-0.05, 0) is 111 Å². The van der Waals surface area contributed by atoms with Crippen molar-refractivity contribution in [1.29, 1.82) is 0 Å². The molecule has 5 heterocycles. The topological polar surface area (TPSA) is 256 Å². The number of aliphatic hydroxyl groups is 9. The molecule has 1 spiro atoms. The molecule has 9 N–H and O–H groups in total. The molecule has 62 heavy (non-hydrogen) atoms. The van der Waals surface area contributed by atoms with Gasteiger partial charge in [-0.2, -0.15) is 0 Å². The SMILES string of the molecule is C[C@H]1CC[C@@]2(OC1)OC1CC3C4CCC5C[C@@H](O[C@@H]6O[C@H](CO[C@@H]7O[C@H](CO)[C@@H](O)[C@H](O)[C@H]7O)[C@@H](OC7O[C@@H](C)[C@H](O)[C@@H](O)[C@H]7O)[C@H](O)[C@H]6O)CC[C@]5(C)C4CC[C@]3(C)C1[C@@H]2C. The van der Waals surface area contributed by atoms with E-state index in [1.807, 2.05) is 0 Å². The average molecular weight is 887 g/mol. The molecule has 9 rings (SSSR count). The van der Waals surface area contributed by atoms with Gasteiger partial charge < -0.3 is 83.9 Å². The maximum atomic E-state index is 11.6. The van der Waals surface area contributed by atoms with E-state index in [1.165, 1.54) is 19.8 Å². The van der Waals surface area contributed by atoms with E-state index in [0.29, 0.717) is 41.4 Å². The van der Waals surface area contributed by atoms with Crippen LogP contribution < -0.4 is 0 Å². The molecular weight excluding hydrogens is 812 g/mol. The van der Waals surface area contributed by atoms with Crippen LogP contribution in [0.1, 0.15) is 98.8 Å². The predicted molar refractivity (Wildman–Crippen MR) is 214 cm³/mol. The van der Waals surface area contributed by atoms with Gasteiger partial charge in [-0.1, -0.05) is 27.7 Å². The molecule has 7 unspecified atom stereocenters. The lowest BCUT2D eigenvalue weighted by atomic mass is 9.44. The lowest BCUT2D eigenvalue weighted by Crippen LogP contribution is -2.65. The van der Waals surface area contributed by atoms with E-state index in [2.05, 4.69) is 27.7 Å². The number of hydrogen-bond donors (Lipinski definition) is 9. The summed E-state index contributed by atoms with van der Waals surface area (Å²) in [5.41, 5.74) is 0.353. The van der Waals surface area contributed by atoms with Gasteiger partial charge >= 0.3 is 0 Å². The zero-order valence-corrected chi connectivity index (χ0v) is 36.8. The quantitative estimate of drug-likeness (QED) is 0.149. The molecular formula is C45H74O17. The summed E-state index contributed by atoms with van der Waals surface area (Å²) in [6, 6.07) is 0. The van der Waals surface area contributed by atoms with Gasteiger partial charge in [-0.3, -0.25) is 0 Å². The van der Waals surface area contributed by atoms with Gasteiger partial charge in [0, 0.05) is 12.3 Å². The molecule has 0 bridgehead atoms. The first-order chi connectivity index (χ1) is 29.4. The molecule has 0 amide bonds. The summed E-state index contributed by atoms with van der Waals surface area (Å²) < 4.78 is 49.4. The fourth-order valence-corrected chi connectivity index (χ4v) is 14.5. The van der Waals surface area contributed by atoms with Gasteiger partial charge in [0.2, 0.25) is 0 Å². The fraction of sp³-hybridized carbons (Fsp3) is 1.00. The van der Waals surface area contributed by atoms with Crippen molar-refractivity contribution >= 4 is 0 Å². The number of aliphatic hydroxyl groups excluding tert-OH is 9. The van der Waals surface area contributed by atoms with Crippen molar-refractivity contribution in [3.63, 3.8) is 0 Å². The molecule has 0 aromatic carbocycles. The van der Waals surface area contributed by atoms with Gasteiger partial charge in [-0.15, -0.1) is 0 Å². The van der Waals surface area contributed by atoms with Crippen molar-refractivity contribution < 1.29 is 83.9 Å². The Hall–Kier alpha value is -0.680. The maximum absolute atomic E-state index is 11.6. The highest BCUT2D eigenvalue weighted by molar-refractivity contribution is 5.15. The second-order valence-electron chi connectivity index (χ2n) is 21.5. The largest absolute Gasteiger partial charge is 0.394 e. The average Bonchev–Trinajstić information content (AvgIpc) is 3.70. The van der Waals surface area contributed by atoms with Crippen LogP contribution in [-0.4, -0.2) is 176 Å². The molecule has 4 aliphatic carbocycles. The Morgan fingerprint density at radius 1 is 0.613 bits per heavy atom. The van der Waals surface area contributed by atoms with Crippen LogP contribution in [0.25, 0.3) is 0 Å². The highest BCUT2D eigenvalue weighted by Gasteiger charge is 2.69. The second-order valence-corrected chi connectivity index (χ2v) is 21.5. The third kappa shape index (κ3) is 7.66. The molecule has 4 saturated carbocycles.